The van der Waals surface area contributed by atoms with Crippen LogP contribution in [0.5, 0.6) is 5.75 Å². The molecule has 0 saturated carbocycles. The van der Waals surface area contributed by atoms with Gasteiger partial charge in [0.25, 0.3) is 0 Å². The van der Waals surface area contributed by atoms with Crippen molar-refractivity contribution in [3.8, 4) is 28.4 Å². The number of hydrogen-bond donors (Lipinski definition) is 3. The van der Waals surface area contributed by atoms with Crippen molar-refractivity contribution in [2.45, 2.75) is 51.7 Å². The summed E-state index contributed by atoms with van der Waals surface area (Å²) in [4.78, 5) is 28.4. The summed E-state index contributed by atoms with van der Waals surface area (Å²) in [5.74, 6) is -0.113. The Hall–Kier alpha value is -3.76. The zero-order valence-electron chi connectivity index (χ0n) is 23.5. The molecule has 10 heteroatoms. The summed E-state index contributed by atoms with van der Waals surface area (Å²) in [5.41, 5.74) is 5.92. The highest BCUT2D eigenvalue weighted by Gasteiger charge is 2.38. The number of aromatic hydroxyl groups is 1. The van der Waals surface area contributed by atoms with Crippen molar-refractivity contribution in [2.75, 3.05) is 33.7 Å². The molecule has 2 aromatic heterocycles. The number of H-pyrrole nitrogens is 2. The van der Waals surface area contributed by atoms with E-state index >= 15 is 0 Å². The quantitative estimate of drug-likeness (QED) is 0.339. The number of aromatic amines is 2. The maximum atomic E-state index is 14.2. The maximum Gasteiger partial charge on any atom is 0.240 e. The van der Waals surface area contributed by atoms with Gasteiger partial charge in [-0.1, -0.05) is 19.9 Å². The lowest BCUT2D eigenvalue weighted by Crippen LogP contribution is -2.51. The Morgan fingerprint density at radius 3 is 2.77 bits per heavy atom. The highest BCUT2D eigenvalue weighted by atomic mass is 19.1. The van der Waals surface area contributed by atoms with Gasteiger partial charge in [0, 0.05) is 37.5 Å². The summed E-state index contributed by atoms with van der Waals surface area (Å²) in [6.07, 6.45) is 2.24. The van der Waals surface area contributed by atoms with Crippen LogP contribution >= 0.6 is 0 Å². The number of halogens is 1. The van der Waals surface area contributed by atoms with Crippen LogP contribution in [0.4, 0.5) is 4.39 Å². The van der Waals surface area contributed by atoms with Crippen LogP contribution in [-0.4, -0.2) is 91.7 Å². The number of phenolic OH excluding ortho intramolecular Hbond substituents is 1. The summed E-state index contributed by atoms with van der Waals surface area (Å²) < 4.78 is 14.2. The van der Waals surface area contributed by atoms with E-state index in [0.29, 0.717) is 36.9 Å². The van der Waals surface area contributed by atoms with E-state index in [1.165, 1.54) is 12.1 Å². The number of carbonyl (C=O) groups is 1. The lowest BCUT2D eigenvalue weighted by Gasteiger charge is -2.35. The van der Waals surface area contributed by atoms with Crippen LogP contribution in [0.3, 0.4) is 0 Å². The van der Waals surface area contributed by atoms with Crippen molar-refractivity contribution in [1.29, 1.82) is 0 Å². The van der Waals surface area contributed by atoms with E-state index in [9.17, 15) is 14.3 Å². The van der Waals surface area contributed by atoms with Crippen LogP contribution in [0, 0.1) is 5.82 Å². The second-order valence-electron chi connectivity index (χ2n) is 11.1. The molecule has 2 atom stereocenters. The standard InChI is InChI=1S/C30H36FN7O2/c1-5-17-12-27(39)22(31)13-21(17)18-7-8-20-23(11-18)34-35-28(20)29-32-24-14-26(37(6-2)16-25(24)33-29)30(40)38-10-9-19(15-38)36(3)4/h7-8,11-13,19,26,39H,5-6,9-10,14-16H2,1-4H3,(H,32,33)(H,34,35)/t19-,26-/m0/s1. The number of likely N-dealkylation sites (tertiary alicyclic amines) is 1. The number of aryl methyl sites for hydroxylation is 1. The van der Waals surface area contributed by atoms with Crippen molar-refractivity contribution >= 4 is 16.8 Å². The van der Waals surface area contributed by atoms with Crippen molar-refractivity contribution < 1.29 is 14.3 Å². The fourth-order valence-electron chi connectivity index (χ4n) is 6.17. The minimum atomic E-state index is -0.640. The summed E-state index contributed by atoms with van der Waals surface area (Å²) in [5, 5.41) is 18.4. The van der Waals surface area contributed by atoms with Gasteiger partial charge in [0.2, 0.25) is 5.91 Å². The van der Waals surface area contributed by atoms with Crippen LogP contribution in [-0.2, 0) is 24.2 Å². The molecule has 40 heavy (non-hydrogen) atoms. The molecule has 210 valence electrons. The molecule has 4 aromatic rings. The zero-order chi connectivity index (χ0) is 28.1. The Kier molecular flexibility index (Phi) is 6.83. The summed E-state index contributed by atoms with van der Waals surface area (Å²) in [6.45, 7) is 7.06. The Labute approximate surface area is 233 Å². The molecule has 2 aliphatic rings. The second-order valence-corrected chi connectivity index (χ2v) is 11.1. The average molecular weight is 546 g/mol. The molecule has 0 aliphatic carbocycles. The molecule has 0 bridgehead atoms. The Morgan fingerprint density at radius 1 is 1.23 bits per heavy atom. The molecule has 2 aromatic carbocycles. The average Bonchev–Trinajstić information content (AvgIpc) is 3.70. The first-order chi connectivity index (χ1) is 19.3. The number of imidazole rings is 1. The van der Waals surface area contributed by atoms with Crippen LogP contribution in [0.1, 0.15) is 37.2 Å². The number of hydrogen-bond acceptors (Lipinski definition) is 6. The van der Waals surface area contributed by atoms with E-state index in [-0.39, 0.29) is 17.7 Å². The van der Waals surface area contributed by atoms with E-state index in [4.69, 9.17) is 4.98 Å². The van der Waals surface area contributed by atoms with Gasteiger partial charge in [0.1, 0.15) is 5.69 Å². The lowest BCUT2D eigenvalue weighted by molar-refractivity contribution is -0.136. The van der Waals surface area contributed by atoms with Crippen molar-refractivity contribution in [2.24, 2.45) is 0 Å². The number of nitrogens with zero attached hydrogens (tertiary/aromatic N) is 5. The second kappa shape index (κ2) is 10.3. The molecule has 6 rings (SSSR count). The molecule has 0 spiro atoms. The van der Waals surface area contributed by atoms with Gasteiger partial charge >= 0.3 is 0 Å². The van der Waals surface area contributed by atoms with E-state index in [2.05, 4.69) is 46.0 Å². The SMILES string of the molecule is CCc1cc(O)c(F)cc1-c1ccc2c(-c3nc4c([nH]3)CN(CC)[C@H](C(=O)N3CC[C@H](N(C)C)C3)C4)n[nH]c2c1. The minimum Gasteiger partial charge on any atom is -0.505 e. The highest BCUT2D eigenvalue weighted by molar-refractivity contribution is 5.94. The van der Waals surface area contributed by atoms with Crippen molar-refractivity contribution in [1.82, 2.24) is 34.9 Å². The smallest absolute Gasteiger partial charge is 0.240 e. The van der Waals surface area contributed by atoms with Crippen molar-refractivity contribution in [3.63, 3.8) is 0 Å². The van der Waals surface area contributed by atoms with E-state index in [1.54, 1.807) is 0 Å². The van der Waals surface area contributed by atoms with Gasteiger partial charge in [-0.25, -0.2) is 9.37 Å². The van der Waals surface area contributed by atoms with Gasteiger partial charge in [0.05, 0.1) is 22.9 Å². The third-order valence-electron chi connectivity index (χ3n) is 8.60. The van der Waals surface area contributed by atoms with Crippen LogP contribution < -0.4 is 0 Å². The molecular formula is C30H36FN7O2. The number of phenols is 1. The normalized spacial score (nSPS) is 19.6. The fourth-order valence-corrected chi connectivity index (χ4v) is 6.17. The predicted molar refractivity (Wildman–Crippen MR) is 152 cm³/mol. The van der Waals surface area contributed by atoms with E-state index < -0.39 is 5.82 Å². The molecule has 1 amide bonds. The topological polar surface area (TPSA) is 104 Å². The molecule has 0 radical (unpaired) electrons. The molecule has 0 unspecified atom stereocenters. The van der Waals surface area contributed by atoms with Gasteiger partial charge in [-0.3, -0.25) is 14.8 Å². The number of benzene rings is 2. The monoisotopic (exact) mass is 545 g/mol. The number of nitrogens with one attached hydrogen (secondary N) is 2. The first kappa shape index (κ1) is 26.5. The first-order valence-corrected chi connectivity index (χ1v) is 14.0. The largest absolute Gasteiger partial charge is 0.505 e. The van der Waals surface area contributed by atoms with Gasteiger partial charge < -0.3 is 19.9 Å². The zero-order valence-corrected chi connectivity index (χ0v) is 23.5. The molecular weight excluding hydrogens is 509 g/mol. The summed E-state index contributed by atoms with van der Waals surface area (Å²) in [6, 6.07) is 8.92. The van der Waals surface area contributed by atoms with Gasteiger partial charge in [-0.05, 0) is 74.4 Å². The molecule has 1 saturated heterocycles. The molecule has 2 aliphatic heterocycles. The molecule has 9 nitrogen and oxygen atoms in total. The molecule has 3 N–H and O–H groups in total. The van der Waals surface area contributed by atoms with Crippen LogP contribution in [0.2, 0.25) is 0 Å². The van der Waals surface area contributed by atoms with Crippen LogP contribution in [0.15, 0.2) is 30.3 Å². The lowest BCUT2D eigenvalue weighted by atomic mass is 9.96. The Morgan fingerprint density at radius 2 is 2.05 bits per heavy atom. The van der Waals surface area contributed by atoms with Gasteiger partial charge in [-0.2, -0.15) is 5.10 Å². The maximum absolute atomic E-state index is 14.2. The number of amides is 1. The number of likely N-dealkylation sites (N-methyl/N-ethyl adjacent to an activating group) is 2. The number of fused-ring (bicyclic) bond motifs is 2. The third kappa shape index (κ3) is 4.54. The number of carbonyl (C=O) groups excluding carboxylic acids is 1. The molecule has 1 fully saturated rings. The van der Waals surface area contributed by atoms with E-state index in [1.807, 2.05) is 30.0 Å². The minimum absolute atomic E-state index is 0.191. The Balaban J connectivity index is 1.28. The number of aromatic nitrogens is 4. The van der Waals surface area contributed by atoms with Crippen molar-refractivity contribution in [3.05, 3.63) is 53.1 Å². The third-order valence-corrected chi connectivity index (χ3v) is 8.60. The number of rotatable bonds is 6. The van der Waals surface area contributed by atoms with Gasteiger partial charge in [0.15, 0.2) is 17.4 Å². The highest BCUT2D eigenvalue weighted by Crippen LogP contribution is 2.34. The van der Waals surface area contributed by atoms with Crippen LogP contribution in [0.25, 0.3) is 33.5 Å². The fraction of sp³-hybridized carbons (Fsp3) is 0.433. The first-order valence-electron chi connectivity index (χ1n) is 14.0. The Bertz CT molecular complexity index is 1580. The summed E-state index contributed by atoms with van der Waals surface area (Å²) >= 11 is 0. The summed E-state index contributed by atoms with van der Waals surface area (Å²) in [7, 11) is 4.15. The molecule has 4 heterocycles. The predicted octanol–water partition coefficient (Wildman–Crippen LogP) is 3.94. The van der Waals surface area contributed by atoms with Gasteiger partial charge in [-0.15, -0.1) is 0 Å². The van der Waals surface area contributed by atoms with E-state index in [0.717, 1.165) is 65.0 Å².